The lowest BCUT2D eigenvalue weighted by atomic mass is 9.91. The quantitative estimate of drug-likeness (QED) is 0.467. The van der Waals surface area contributed by atoms with E-state index in [1.54, 1.807) is 24.0 Å². The molecule has 0 radical (unpaired) electrons. The molecule has 0 aromatic heterocycles. The van der Waals surface area contributed by atoms with E-state index in [0.717, 1.165) is 23.9 Å². The standard InChI is InChI=1S/C22H21FN2O3S/c1-12-8-9-13(2)17(10-12)25-14(3)18(20(26)21(27)28-4)19(24-22(25)29)15-6-5-7-16(23)11-15/h5-11,19H,1-4H3,(H,24,29)/t19-/m1/s1. The Balaban J connectivity index is 2.23. The lowest BCUT2D eigenvalue weighted by Crippen LogP contribution is -2.49. The number of anilines is 1. The van der Waals surface area contributed by atoms with Crippen LogP contribution in [0.3, 0.4) is 0 Å². The number of hydrogen-bond donors (Lipinski definition) is 1. The van der Waals surface area contributed by atoms with Gasteiger partial charge in [-0.3, -0.25) is 9.69 Å². The molecule has 2 aromatic carbocycles. The molecule has 1 atom stereocenters. The molecule has 7 heteroatoms. The molecule has 2 aromatic rings. The summed E-state index contributed by atoms with van der Waals surface area (Å²) in [5.74, 6) is -2.24. The van der Waals surface area contributed by atoms with Crippen molar-refractivity contribution in [3.05, 3.63) is 76.2 Å². The maximum Gasteiger partial charge on any atom is 0.379 e. The first-order valence-electron chi connectivity index (χ1n) is 9.01. The second-order valence-corrected chi connectivity index (χ2v) is 7.27. The summed E-state index contributed by atoms with van der Waals surface area (Å²) in [5, 5.41) is 3.45. The van der Waals surface area contributed by atoms with Crippen molar-refractivity contribution in [1.29, 1.82) is 0 Å². The fourth-order valence-electron chi connectivity index (χ4n) is 3.43. The molecule has 1 aliphatic heterocycles. The Kier molecular flexibility index (Phi) is 5.79. The van der Waals surface area contributed by atoms with Gasteiger partial charge in [0.15, 0.2) is 5.11 Å². The molecule has 0 amide bonds. The molecule has 0 saturated carbocycles. The van der Waals surface area contributed by atoms with Gasteiger partial charge in [0.05, 0.1) is 24.4 Å². The van der Waals surface area contributed by atoms with Gasteiger partial charge >= 0.3 is 5.97 Å². The fourth-order valence-corrected chi connectivity index (χ4v) is 3.78. The van der Waals surface area contributed by atoms with E-state index >= 15 is 0 Å². The van der Waals surface area contributed by atoms with Crippen LogP contribution in [-0.4, -0.2) is 24.0 Å². The molecule has 0 unspecified atom stereocenters. The maximum absolute atomic E-state index is 13.8. The lowest BCUT2D eigenvalue weighted by molar-refractivity contribution is -0.150. The SMILES string of the molecule is COC(=O)C(=O)C1=C(C)N(c2cc(C)ccc2C)C(=S)N[C@@H]1c1cccc(F)c1. The average Bonchev–Trinajstić information content (AvgIpc) is 2.69. The van der Waals surface area contributed by atoms with Crippen molar-refractivity contribution in [3.63, 3.8) is 0 Å². The van der Waals surface area contributed by atoms with E-state index < -0.39 is 23.6 Å². The van der Waals surface area contributed by atoms with Crippen LogP contribution in [0.1, 0.15) is 29.7 Å². The number of esters is 1. The van der Waals surface area contributed by atoms with Crippen LogP contribution in [0.15, 0.2) is 53.7 Å². The van der Waals surface area contributed by atoms with Crippen molar-refractivity contribution in [2.75, 3.05) is 12.0 Å². The molecule has 5 nitrogen and oxygen atoms in total. The van der Waals surface area contributed by atoms with Gasteiger partial charge in [-0.15, -0.1) is 0 Å². The van der Waals surface area contributed by atoms with Crippen LogP contribution in [0.2, 0.25) is 0 Å². The Morgan fingerprint density at radius 1 is 1.14 bits per heavy atom. The number of ether oxygens (including phenoxy) is 1. The Morgan fingerprint density at radius 2 is 1.86 bits per heavy atom. The number of halogens is 1. The number of Topliss-reactive ketones (excluding diaryl/α,β-unsaturated/α-hetero) is 1. The summed E-state index contributed by atoms with van der Waals surface area (Å²) in [6.45, 7) is 5.61. The minimum Gasteiger partial charge on any atom is -0.463 e. The number of allylic oxidation sites excluding steroid dienone is 1. The number of rotatable bonds is 4. The third kappa shape index (κ3) is 3.91. The first kappa shape index (κ1) is 20.7. The van der Waals surface area contributed by atoms with E-state index in [1.807, 2.05) is 32.0 Å². The summed E-state index contributed by atoms with van der Waals surface area (Å²) in [7, 11) is 1.15. The molecule has 0 bridgehead atoms. The van der Waals surface area contributed by atoms with Crippen LogP contribution in [0.25, 0.3) is 0 Å². The minimum absolute atomic E-state index is 0.164. The summed E-state index contributed by atoms with van der Waals surface area (Å²) in [5.41, 5.74) is 3.92. The van der Waals surface area contributed by atoms with Crippen LogP contribution in [0.5, 0.6) is 0 Å². The normalized spacial score (nSPS) is 16.5. The molecule has 29 heavy (non-hydrogen) atoms. The molecular weight excluding hydrogens is 391 g/mol. The van der Waals surface area contributed by atoms with Gasteiger partial charge in [-0.25, -0.2) is 9.18 Å². The number of thiocarbonyl (C=S) groups is 1. The zero-order valence-electron chi connectivity index (χ0n) is 16.6. The van der Waals surface area contributed by atoms with Crippen LogP contribution in [0, 0.1) is 19.7 Å². The van der Waals surface area contributed by atoms with Crippen LogP contribution in [-0.2, 0) is 14.3 Å². The third-order valence-electron chi connectivity index (χ3n) is 4.89. The molecule has 1 heterocycles. The van der Waals surface area contributed by atoms with Gasteiger partial charge in [0.2, 0.25) is 0 Å². The van der Waals surface area contributed by atoms with E-state index in [2.05, 4.69) is 10.1 Å². The van der Waals surface area contributed by atoms with E-state index in [9.17, 15) is 14.0 Å². The highest BCUT2D eigenvalue weighted by atomic mass is 32.1. The number of ketones is 1. The molecule has 1 N–H and O–H groups in total. The first-order chi connectivity index (χ1) is 13.7. The number of benzene rings is 2. The smallest absolute Gasteiger partial charge is 0.379 e. The van der Waals surface area contributed by atoms with Crippen LogP contribution in [0.4, 0.5) is 10.1 Å². The minimum atomic E-state index is -0.990. The van der Waals surface area contributed by atoms with Gasteiger partial charge in [-0.05, 0) is 67.9 Å². The highest BCUT2D eigenvalue weighted by molar-refractivity contribution is 7.80. The predicted octanol–water partition coefficient (Wildman–Crippen LogP) is 3.89. The third-order valence-corrected chi connectivity index (χ3v) is 5.19. The molecule has 0 fully saturated rings. The number of nitrogens with zero attached hydrogens (tertiary/aromatic N) is 1. The van der Waals surface area contributed by atoms with Crippen LogP contribution >= 0.6 is 12.2 Å². The average molecular weight is 412 g/mol. The van der Waals surface area contributed by atoms with Crippen molar-refractivity contribution < 1.29 is 18.7 Å². The second kappa shape index (κ2) is 8.13. The Morgan fingerprint density at radius 3 is 2.52 bits per heavy atom. The first-order valence-corrected chi connectivity index (χ1v) is 9.42. The number of hydrogen-bond acceptors (Lipinski definition) is 4. The molecule has 1 aliphatic rings. The molecule has 0 spiro atoms. The van der Waals surface area contributed by atoms with Crippen LogP contribution < -0.4 is 10.2 Å². The Labute approximate surface area is 174 Å². The summed E-state index contributed by atoms with van der Waals surface area (Å²) in [4.78, 5) is 26.7. The fraction of sp³-hybridized carbons (Fsp3) is 0.227. The van der Waals surface area contributed by atoms with Crippen molar-refractivity contribution >= 4 is 34.8 Å². The molecular formula is C22H21FN2O3S. The molecule has 0 aliphatic carbocycles. The van der Waals surface area contributed by atoms with Crippen molar-refractivity contribution in [2.45, 2.75) is 26.8 Å². The number of carbonyl (C=O) groups is 2. The van der Waals surface area contributed by atoms with Gasteiger partial charge in [0, 0.05) is 5.70 Å². The van der Waals surface area contributed by atoms with Crippen molar-refractivity contribution in [2.24, 2.45) is 0 Å². The molecule has 150 valence electrons. The number of nitrogens with one attached hydrogen (secondary N) is 1. The zero-order chi connectivity index (χ0) is 21.3. The van der Waals surface area contributed by atoms with E-state index in [0.29, 0.717) is 16.4 Å². The van der Waals surface area contributed by atoms with E-state index in [1.165, 1.54) is 12.1 Å². The largest absolute Gasteiger partial charge is 0.463 e. The van der Waals surface area contributed by atoms with Gasteiger partial charge < -0.3 is 10.1 Å². The summed E-state index contributed by atoms with van der Waals surface area (Å²) < 4.78 is 18.5. The summed E-state index contributed by atoms with van der Waals surface area (Å²) in [6, 6.07) is 11.0. The number of aryl methyl sites for hydroxylation is 2. The predicted molar refractivity (Wildman–Crippen MR) is 113 cm³/mol. The summed E-state index contributed by atoms with van der Waals surface area (Å²) in [6.07, 6.45) is 0. The van der Waals surface area contributed by atoms with Gasteiger partial charge in [0.1, 0.15) is 5.82 Å². The highest BCUT2D eigenvalue weighted by Crippen LogP contribution is 2.35. The van der Waals surface area contributed by atoms with E-state index in [-0.39, 0.29) is 5.57 Å². The van der Waals surface area contributed by atoms with E-state index in [4.69, 9.17) is 12.2 Å². The Bertz CT molecular complexity index is 1050. The lowest BCUT2D eigenvalue weighted by Gasteiger charge is -2.38. The molecule has 0 saturated heterocycles. The maximum atomic E-state index is 13.8. The highest BCUT2D eigenvalue weighted by Gasteiger charge is 2.37. The van der Waals surface area contributed by atoms with Crippen molar-refractivity contribution in [1.82, 2.24) is 5.32 Å². The van der Waals surface area contributed by atoms with Gasteiger partial charge in [0.25, 0.3) is 5.78 Å². The molecule has 3 rings (SSSR count). The Hall–Kier alpha value is -3.06. The zero-order valence-corrected chi connectivity index (χ0v) is 17.4. The van der Waals surface area contributed by atoms with Gasteiger partial charge in [-0.1, -0.05) is 24.3 Å². The van der Waals surface area contributed by atoms with Gasteiger partial charge in [-0.2, -0.15) is 0 Å². The monoisotopic (exact) mass is 412 g/mol. The second-order valence-electron chi connectivity index (χ2n) is 6.88. The van der Waals surface area contributed by atoms with Crippen molar-refractivity contribution in [3.8, 4) is 0 Å². The topological polar surface area (TPSA) is 58.6 Å². The number of methoxy groups -OCH3 is 1. The number of carbonyl (C=O) groups excluding carboxylic acids is 2. The summed E-state index contributed by atoms with van der Waals surface area (Å²) >= 11 is 5.59.